The van der Waals surface area contributed by atoms with Crippen LogP contribution in [0.25, 0.3) is 0 Å². The van der Waals surface area contributed by atoms with Crippen molar-refractivity contribution in [1.82, 2.24) is 0 Å². The Bertz CT molecular complexity index is 492. The van der Waals surface area contributed by atoms with Crippen LogP contribution in [0.3, 0.4) is 0 Å². The molecule has 0 heterocycles. The van der Waals surface area contributed by atoms with Gasteiger partial charge >= 0.3 is 0 Å². The van der Waals surface area contributed by atoms with Crippen LogP contribution < -0.4 is 0 Å². The molecule has 0 radical (unpaired) electrons. The molecule has 2 heteroatoms. The summed E-state index contributed by atoms with van der Waals surface area (Å²) in [5.41, 5.74) is -1.48. The fourth-order valence-corrected chi connectivity index (χ4v) is 6.74. The highest BCUT2D eigenvalue weighted by molar-refractivity contribution is 5.89. The van der Waals surface area contributed by atoms with Gasteiger partial charge in [-0.15, -0.1) is 0 Å². The van der Waals surface area contributed by atoms with Gasteiger partial charge in [0.25, 0.3) is 0 Å². The van der Waals surface area contributed by atoms with Gasteiger partial charge in [-0.2, -0.15) is 0 Å². The molecule has 0 aromatic heterocycles. The van der Waals surface area contributed by atoms with E-state index in [0.717, 1.165) is 25.7 Å². The molecule has 0 aliphatic heterocycles. The van der Waals surface area contributed by atoms with Crippen molar-refractivity contribution in [2.45, 2.75) is 85.7 Å². The Kier molecular flexibility index (Phi) is 3.44. The lowest BCUT2D eigenvalue weighted by molar-refractivity contribution is -0.178. The minimum absolute atomic E-state index is 0.00186. The predicted octanol–water partition coefficient (Wildman–Crippen LogP) is 4.60. The molecule has 3 fully saturated rings. The van der Waals surface area contributed by atoms with Gasteiger partial charge in [0.1, 0.15) is 5.78 Å². The van der Waals surface area contributed by atoms with Crippen molar-refractivity contribution in [2.75, 3.05) is 0 Å². The summed E-state index contributed by atoms with van der Waals surface area (Å²) in [5.74, 6) is 1.60. The third-order valence-electron chi connectivity index (χ3n) is 8.49. The van der Waals surface area contributed by atoms with Crippen LogP contribution in [0.15, 0.2) is 0 Å². The quantitative estimate of drug-likeness (QED) is 0.710. The van der Waals surface area contributed by atoms with Crippen LogP contribution in [-0.2, 0) is 4.79 Å². The number of hydrogen-bond donors (Lipinski definition) is 1. The molecule has 2 nitrogen and oxygen atoms in total. The summed E-state index contributed by atoms with van der Waals surface area (Å²) in [5, 5.41) is 12.0. The first-order valence-corrected chi connectivity index (χ1v) is 9.26. The Hall–Kier alpha value is -0.370. The van der Waals surface area contributed by atoms with E-state index in [0.29, 0.717) is 24.0 Å². The fraction of sp³-hybridized carbons (Fsp3) is 0.950. The number of aliphatic hydroxyl groups is 1. The van der Waals surface area contributed by atoms with Crippen LogP contribution in [-0.4, -0.2) is 16.5 Å². The van der Waals surface area contributed by atoms with Crippen LogP contribution in [0.5, 0.6) is 0 Å². The average Bonchev–Trinajstić information content (AvgIpc) is 2.46. The Labute approximate surface area is 136 Å². The third-order valence-corrected chi connectivity index (χ3v) is 8.49. The van der Waals surface area contributed by atoms with E-state index in [1.54, 1.807) is 0 Å². The van der Waals surface area contributed by atoms with E-state index >= 15 is 0 Å². The molecule has 3 rings (SSSR count). The lowest BCUT2D eigenvalue weighted by Gasteiger charge is -2.54. The standard InChI is InChI=1S/C20H34O2/c1-13-9-10-19(16(21)11-13)18(5,6)17(3,4)15-8-7-14(2)12-20(15,19)22/h13-15,22H,7-12H2,1-6H3/t13-,14-,15+,19+,20+/m1/s1. The number of Topliss-reactive ketones (excluding diaryl/α,β-unsaturated/α-hetero) is 1. The molecule has 22 heavy (non-hydrogen) atoms. The Morgan fingerprint density at radius 1 is 1.00 bits per heavy atom. The van der Waals surface area contributed by atoms with E-state index in [1.807, 2.05) is 0 Å². The fourth-order valence-electron chi connectivity index (χ4n) is 6.74. The zero-order chi connectivity index (χ0) is 16.6. The summed E-state index contributed by atoms with van der Waals surface area (Å²) in [7, 11) is 0. The van der Waals surface area contributed by atoms with Crippen molar-refractivity contribution < 1.29 is 9.90 Å². The van der Waals surface area contributed by atoms with Crippen LogP contribution in [0.1, 0.15) is 80.1 Å². The van der Waals surface area contributed by atoms with Gasteiger partial charge in [-0.1, -0.05) is 48.0 Å². The van der Waals surface area contributed by atoms with Crippen molar-refractivity contribution in [3.05, 3.63) is 0 Å². The van der Waals surface area contributed by atoms with Gasteiger partial charge in [-0.25, -0.2) is 0 Å². The second-order valence-corrected chi connectivity index (χ2v) is 9.89. The van der Waals surface area contributed by atoms with Crippen molar-refractivity contribution in [3.8, 4) is 0 Å². The van der Waals surface area contributed by atoms with E-state index in [-0.39, 0.29) is 16.7 Å². The molecule has 0 unspecified atom stereocenters. The monoisotopic (exact) mass is 306 g/mol. The molecule has 126 valence electrons. The molecule has 0 aromatic rings. The molecule has 3 aliphatic rings. The maximum absolute atomic E-state index is 13.3. The number of rotatable bonds is 0. The molecule has 0 amide bonds. The average molecular weight is 306 g/mol. The first-order chi connectivity index (χ1) is 10.0. The number of carbonyl (C=O) groups is 1. The van der Waals surface area contributed by atoms with Gasteiger partial charge in [0.05, 0.1) is 11.0 Å². The molecular formula is C20H34O2. The summed E-state index contributed by atoms with van der Waals surface area (Å²) >= 11 is 0. The maximum atomic E-state index is 13.3. The van der Waals surface area contributed by atoms with Gasteiger partial charge in [-0.3, -0.25) is 4.79 Å². The molecule has 3 aliphatic carbocycles. The summed E-state index contributed by atoms with van der Waals surface area (Å²) in [6.07, 6.45) is 5.68. The molecule has 0 aromatic carbocycles. The Balaban J connectivity index is 2.20. The van der Waals surface area contributed by atoms with Crippen molar-refractivity contribution >= 4 is 5.78 Å². The van der Waals surface area contributed by atoms with Gasteiger partial charge in [0.15, 0.2) is 0 Å². The largest absolute Gasteiger partial charge is 0.389 e. The highest BCUT2D eigenvalue weighted by Gasteiger charge is 2.77. The van der Waals surface area contributed by atoms with Crippen molar-refractivity contribution in [3.63, 3.8) is 0 Å². The van der Waals surface area contributed by atoms with E-state index in [4.69, 9.17) is 0 Å². The molecule has 0 bridgehead atoms. The number of hydrogen-bond acceptors (Lipinski definition) is 2. The molecule has 3 saturated carbocycles. The minimum atomic E-state index is -0.797. The van der Waals surface area contributed by atoms with Gasteiger partial charge in [0.2, 0.25) is 0 Å². The molecule has 5 atom stereocenters. The zero-order valence-corrected chi connectivity index (χ0v) is 15.3. The predicted molar refractivity (Wildman–Crippen MR) is 89.5 cm³/mol. The van der Waals surface area contributed by atoms with Crippen LogP contribution in [0.2, 0.25) is 0 Å². The van der Waals surface area contributed by atoms with Gasteiger partial charge < -0.3 is 5.11 Å². The van der Waals surface area contributed by atoms with Gasteiger partial charge in [0, 0.05) is 6.42 Å². The molecular weight excluding hydrogens is 272 g/mol. The number of ketones is 1. The first kappa shape index (κ1) is 16.5. The first-order valence-electron chi connectivity index (χ1n) is 9.26. The Morgan fingerprint density at radius 3 is 2.23 bits per heavy atom. The second kappa shape index (κ2) is 4.59. The topological polar surface area (TPSA) is 37.3 Å². The van der Waals surface area contributed by atoms with E-state index in [1.165, 1.54) is 6.42 Å². The molecule has 0 saturated heterocycles. The molecule has 1 N–H and O–H groups in total. The number of fused-ring (bicyclic) bond motifs is 2. The van der Waals surface area contributed by atoms with Crippen LogP contribution in [0, 0.1) is 34.0 Å². The second-order valence-electron chi connectivity index (χ2n) is 9.89. The van der Waals surface area contributed by atoms with E-state index in [9.17, 15) is 9.90 Å². The smallest absolute Gasteiger partial charge is 0.142 e. The highest BCUT2D eigenvalue weighted by atomic mass is 16.3. The summed E-state index contributed by atoms with van der Waals surface area (Å²) in [6.45, 7) is 13.6. The normalized spacial score (nSPS) is 50.1. The van der Waals surface area contributed by atoms with Crippen molar-refractivity contribution in [2.24, 2.45) is 34.0 Å². The SMILES string of the molecule is C[C@@H]1CC[C@]2(C(=O)C1)C(C)(C)C(C)(C)[C@@H]1CC[C@@H](C)C[C@]12O. The molecule has 1 spiro atoms. The van der Waals surface area contributed by atoms with Gasteiger partial charge in [-0.05, 0) is 54.3 Å². The zero-order valence-electron chi connectivity index (χ0n) is 15.3. The van der Waals surface area contributed by atoms with Crippen LogP contribution in [0.4, 0.5) is 0 Å². The summed E-state index contributed by atoms with van der Waals surface area (Å²) in [6, 6.07) is 0. The Morgan fingerprint density at radius 2 is 1.64 bits per heavy atom. The third kappa shape index (κ3) is 1.63. The number of carbonyl (C=O) groups excluding carboxylic acids is 1. The summed E-state index contributed by atoms with van der Waals surface area (Å²) in [4.78, 5) is 13.3. The van der Waals surface area contributed by atoms with E-state index in [2.05, 4.69) is 41.5 Å². The highest BCUT2D eigenvalue weighted by Crippen LogP contribution is 2.75. The van der Waals surface area contributed by atoms with Crippen molar-refractivity contribution in [1.29, 1.82) is 0 Å². The van der Waals surface area contributed by atoms with Crippen LogP contribution >= 0.6 is 0 Å². The lowest BCUT2D eigenvalue weighted by atomic mass is 9.50. The maximum Gasteiger partial charge on any atom is 0.142 e. The lowest BCUT2D eigenvalue weighted by Crippen LogP contribution is -2.60. The summed E-state index contributed by atoms with van der Waals surface area (Å²) < 4.78 is 0. The minimum Gasteiger partial charge on any atom is -0.389 e. The van der Waals surface area contributed by atoms with E-state index < -0.39 is 11.0 Å².